The zero-order valence-corrected chi connectivity index (χ0v) is 15.7. The maximum Gasteiger partial charge on any atom is 0.257 e. The lowest BCUT2D eigenvalue weighted by Crippen LogP contribution is -2.29. The lowest BCUT2D eigenvalue weighted by Gasteiger charge is -2.10. The zero-order chi connectivity index (χ0) is 18.8. The van der Waals surface area contributed by atoms with E-state index in [4.69, 9.17) is 14.2 Å². The van der Waals surface area contributed by atoms with Crippen molar-refractivity contribution in [2.75, 3.05) is 27.4 Å². The third-order valence-electron chi connectivity index (χ3n) is 4.11. The number of amides is 1. The summed E-state index contributed by atoms with van der Waals surface area (Å²) in [7, 11) is 3.24. The predicted octanol–water partition coefficient (Wildman–Crippen LogP) is 3.39. The van der Waals surface area contributed by atoms with E-state index in [1.54, 1.807) is 14.2 Å². The van der Waals surface area contributed by atoms with Crippen molar-refractivity contribution in [3.63, 3.8) is 0 Å². The van der Waals surface area contributed by atoms with Gasteiger partial charge in [-0.3, -0.25) is 4.79 Å². The molecule has 5 nitrogen and oxygen atoms in total. The summed E-state index contributed by atoms with van der Waals surface area (Å²) in [6, 6.07) is 13.7. The first-order valence-corrected chi connectivity index (χ1v) is 8.85. The van der Waals surface area contributed by atoms with E-state index in [1.807, 2.05) is 42.5 Å². The van der Waals surface area contributed by atoms with Crippen molar-refractivity contribution in [2.24, 2.45) is 0 Å². The monoisotopic (exact) mass is 357 g/mol. The normalized spacial score (nSPS) is 10.3. The smallest absolute Gasteiger partial charge is 0.257 e. The van der Waals surface area contributed by atoms with Gasteiger partial charge in [0.25, 0.3) is 5.91 Å². The van der Waals surface area contributed by atoms with E-state index in [1.165, 1.54) is 5.56 Å². The van der Waals surface area contributed by atoms with Crippen LogP contribution in [0.2, 0.25) is 0 Å². The topological polar surface area (TPSA) is 56.8 Å². The largest absolute Gasteiger partial charge is 0.493 e. The van der Waals surface area contributed by atoms with Gasteiger partial charge in [-0.2, -0.15) is 0 Å². The zero-order valence-electron chi connectivity index (χ0n) is 15.7. The predicted molar refractivity (Wildman–Crippen MR) is 102 cm³/mol. The first kappa shape index (κ1) is 19.6. The summed E-state index contributed by atoms with van der Waals surface area (Å²) in [5.41, 5.74) is 2.39. The summed E-state index contributed by atoms with van der Waals surface area (Å²) >= 11 is 0. The minimum Gasteiger partial charge on any atom is -0.493 e. The highest BCUT2D eigenvalue weighted by Crippen LogP contribution is 2.27. The molecule has 1 amide bonds. The average Bonchev–Trinajstić information content (AvgIpc) is 2.69. The van der Waals surface area contributed by atoms with Gasteiger partial charge in [0.15, 0.2) is 18.1 Å². The van der Waals surface area contributed by atoms with Crippen molar-refractivity contribution < 1.29 is 19.0 Å². The first-order chi connectivity index (χ1) is 12.7. The lowest BCUT2D eigenvalue weighted by molar-refractivity contribution is -0.123. The lowest BCUT2D eigenvalue weighted by atomic mass is 10.1. The van der Waals surface area contributed by atoms with Crippen LogP contribution in [0.15, 0.2) is 42.5 Å². The number of aryl methyl sites for hydroxylation is 2. The molecule has 0 aromatic heterocycles. The summed E-state index contributed by atoms with van der Waals surface area (Å²) in [4.78, 5) is 11.9. The Bertz CT molecular complexity index is 698. The van der Waals surface area contributed by atoms with E-state index < -0.39 is 0 Å². The minimum atomic E-state index is -0.114. The molecule has 5 heteroatoms. The molecule has 0 bridgehead atoms. The molecule has 0 atom stereocenters. The molecule has 0 radical (unpaired) electrons. The SMILES string of the molecule is CCc1ccc(OCC(=O)NCCCc2ccc(OC)c(OC)c2)cc1. The van der Waals surface area contributed by atoms with Crippen molar-refractivity contribution in [3.8, 4) is 17.2 Å². The Hall–Kier alpha value is -2.69. The summed E-state index contributed by atoms with van der Waals surface area (Å²) < 4.78 is 16.0. The second-order valence-electron chi connectivity index (χ2n) is 5.93. The van der Waals surface area contributed by atoms with Crippen LogP contribution in [0.3, 0.4) is 0 Å². The fraction of sp³-hybridized carbons (Fsp3) is 0.381. The molecule has 140 valence electrons. The van der Waals surface area contributed by atoms with Crippen molar-refractivity contribution in [3.05, 3.63) is 53.6 Å². The summed E-state index contributed by atoms with van der Waals surface area (Å²) in [6.45, 7) is 2.73. The molecule has 0 aliphatic rings. The fourth-order valence-corrected chi connectivity index (χ4v) is 2.58. The number of nitrogens with one attached hydrogen (secondary N) is 1. The number of benzene rings is 2. The molecular formula is C21H27NO4. The quantitative estimate of drug-likeness (QED) is 0.662. The molecule has 0 saturated heterocycles. The van der Waals surface area contributed by atoms with E-state index in [2.05, 4.69) is 12.2 Å². The second kappa shape index (κ2) is 10.3. The van der Waals surface area contributed by atoms with Crippen LogP contribution < -0.4 is 19.5 Å². The van der Waals surface area contributed by atoms with E-state index >= 15 is 0 Å². The van der Waals surface area contributed by atoms with Crippen LogP contribution in [0, 0.1) is 0 Å². The van der Waals surface area contributed by atoms with Crippen molar-refractivity contribution in [2.45, 2.75) is 26.2 Å². The van der Waals surface area contributed by atoms with E-state index in [0.717, 1.165) is 30.6 Å². The van der Waals surface area contributed by atoms with E-state index in [-0.39, 0.29) is 12.5 Å². The molecule has 1 N–H and O–H groups in total. The van der Waals surface area contributed by atoms with Crippen molar-refractivity contribution >= 4 is 5.91 Å². The maximum atomic E-state index is 11.9. The Morgan fingerprint density at radius 3 is 2.31 bits per heavy atom. The molecule has 26 heavy (non-hydrogen) atoms. The molecule has 0 unspecified atom stereocenters. The first-order valence-electron chi connectivity index (χ1n) is 8.85. The molecule has 0 heterocycles. The maximum absolute atomic E-state index is 11.9. The van der Waals surface area contributed by atoms with Crippen molar-refractivity contribution in [1.82, 2.24) is 5.32 Å². The van der Waals surface area contributed by atoms with Gasteiger partial charge in [0.05, 0.1) is 14.2 Å². The molecule has 2 rings (SSSR count). The third-order valence-corrected chi connectivity index (χ3v) is 4.11. The van der Waals surface area contributed by atoms with Gasteiger partial charge >= 0.3 is 0 Å². The van der Waals surface area contributed by atoms with Gasteiger partial charge in [-0.25, -0.2) is 0 Å². The Balaban J connectivity index is 1.68. The van der Waals surface area contributed by atoms with Crippen molar-refractivity contribution in [1.29, 1.82) is 0 Å². The highest BCUT2D eigenvalue weighted by molar-refractivity contribution is 5.77. The van der Waals surface area contributed by atoms with Gasteiger partial charge in [-0.05, 0) is 54.7 Å². The van der Waals surface area contributed by atoms with Crippen LogP contribution in [-0.2, 0) is 17.6 Å². The van der Waals surface area contributed by atoms with Crippen LogP contribution in [-0.4, -0.2) is 33.3 Å². The number of methoxy groups -OCH3 is 2. The Kier molecular flexibility index (Phi) is 7.80. The molecule has 2 aromatic rings. The number of rotatable bonds is 10. The molecule has 0 saturated carbocycles. The molecule has 0 aliphatic carbocycles. The number of hydrogen-bond donors (Lipinski definition) is 1. The van der Waals surface area contributed by atoms with E-state index in [9.17, 15) is 4.79 Å². The molecular weight excluding hydrogens is 330 g/mol. The molecule has 0 fully saturated rings. The highest BCUT2D eigenvalue weighted by atomic mass is 16.5. The molecule has 2 aromatic carbocycles. The Morgan fingerprint density at radius 2 is 1.65 bits per heavy atom. The highest BCUT2D eigenvalue weighted by Gasteiger charge is 2.05. The minimum absolute atomic E-state index is 0.0296. The van der Waals surface area contributed by atoms with Gasteiger partial charge in [-0.15, -0.1) is 0 Å². The average molecular weight is 357 g/mol. The van der Waals surface area contributed by atoms with Crippen LogP contribution >= 0.6 is 0 Å². The van der Waals surface area contributed by atoms with Gasteiger partial charge < -0.3 is 19.5 Å². The standard InChI is InChI=1S/C21H27NO4/c1-4-16-7-10-18(11-8-16)26-15-21(23)22-13-5-6-17-9-12-19(24-2)20(14-17)25-3/h7-12,14H,4-6,13,15H2,1-3H3,(H,22,23). The number of ether oxygens (including phenoxy) is 3. The van der Waals surface area contributed by atoms with Crippen LogP contribution in [0.25, 0.3) is 0 Å². The molecule has 0 spiro atoms. The Labute approximate surface area is 155 Å². The van der Waals surface area contributed by atoms with Crippen LogP contribution in [0.1, 0.15) is 24.5 Å². The van der Waals surface area contributed by atoms with Crippen LogP contribution in [0.4, 0.5) is 0 Å². The summed E-state index contributed by atoms with van der Waals surface area (Å²) in [5, 5.41) is 2.88. The van der Waals surface area contributed by atoms with Gasteiger partial charge in [0, 0.05) is 6.54 Å². The fourth-order valence-electron chi connectivity index (χ4n) is 2.58. The second-order valence-corrected chi connectivity index (χ2v) is 5.93. The molecule has 0 aliphatic heterocycles. The number of hydrogen-bond acceptors (Lipinski definition) is 4. The van der Waals surface area contributed by atoms with Crippen LogP contribution in [0.5, 0.6) is 17.2 Å². The number of carbonyl (C=O) groups excluding carboxylic acids is 1. The summed E-state index contributed by atoms with van der Waals surface area (Å²) in [5.74, 6) is 2.03. The summed E-state index contributed by atoms with van der Waals surface area (Å²) in [6.07, 6.45) is 2.67. The number of carbonyl (C=O) groups is 1. The van der Waals surface area contributed by atoms with Gasteiger partial charge in [-0.1, -0.05) is 25.1 Å². The van der Waals surface area contributed by atoms with E-state index in [0.29, 0.717) is 18.0 Å². The Morgan fingerprint density at radius 1 is 0.962 bits per heavy atom. The van der Waals surface area contributed by atoms with Gasteiger partial charge in [0.2, 0.25) is 0 Å². The third kappa shape index (κ3) is 5.99. The van der Waals surface area contributed by atoms with Gasteiger partial charge in [0.1, 0.15) is 5.75 Å².